The van der Waals surface area contributed by atoms with Crippen molar-refractivity contribution >= 4 is 11.8 Å². The molecule has 5 heteroatoms. The van der Waals surface area contributed by atoms with Gasteiger partial charge in [-0.25, -0.2) is 0 Å². The summed E-state index contributed by atoms with van der Waals surface area (Å²) >= 11 is 0. The minimum Gasteiger partial charge on any atom is -0.447 e. The minimum atomic E-state index is -1.43. The number of Topliss-reactive ketones (excluding diaryl/α,β-unsaturated/α-hetero) is 1. The van der Waals surface area contributed by atoms with E-state index in [1.807, 2.05) is 36.4 Å². The lowest BCUT2D eigenvalue weighted by atomic mass is 9.95. The molecule has 0 saturated carbocycles. The molecule has 132 valence electrons. The van der Waals surface area contributed by atoms with Crippen LogP contribution in [0.3, 0.4) is 0 Å². The Morgan fingerprint density at radius 2 is 1.60 bits per heavy atom. The highest BCUT2D eigenvalue weighted by molar-refractivity contribution is 6.03. The van der Waals surface area contributed by atoms with Gasteiger partial charge >= 0.3 is 5.97 Å². The van der Waals surface area contributed by atoms with Gasteiger partial charge in [0.25, 0.3) is 0 Å². The lowest BCUT2D eigenvalue weighted by molar-refractivity contribution is -0.159. The maximum Gasteiger partial charge on any atom is 0.324 e. The summed E-state index contributed by atoms with van der Waals surface area (Å²) in [6.45, 7) is 1.49. The number of hydrogen-bond acceptors (Lipinski definition) is 5. The monoisotopic (exact) mass is 341 g/mol. The number of rotatable bonds is 8. The standard InChI is InChI=1S/C20H23NO4/c1-20(14-24-2,18(22)16-11-7-4-8-12-16)25-19(23)17(21)13-15-9-5-3-6-10-15/h3-12,17H,13-14,21H2,1-2H3/t17?,20-/m0/s1. The van der Waals surface area contributed by atoms with E-state index >= 15 is 0 Å². The molecule has 5 nitrogen and oxygen atoms in total. The minimum absolute atomic E-state index is 0.0511. The maximum absolute atomic E-state index is 12.8. The van der Waals surface area contributed by atoms with Gasteiger partial charge in [-0.3, -0.25) is 9.59 Å². The highest BCUT2D eigenvalue weighted by Crippen LogP contribution is 2.20. The molecule has 1 unspecified atom stereocenters. The van der Waals surface area contributed by atoms with E-state index < -0.39 is 17.6 Å². The third kappa shape index (κ3) is 4.98. The van der Waals surface area contributed by atoms with Crippen molar-refractivity contribution in [1.29, 1.82) is 0 Å². The molecule has 0 aliphatic carbocycles. The molecule has 0 radical (unpaired) electrons. The molecule has 2 aromatic rings. The van der Waals surface area contributed by atoms with Crippen molar-refractivity contribution in [3.63, 3.8) is 0 Å². The highest BCUT2D eigenvalue weighted by Gasteiger charge is 2.39. The van der Waals surface area contributed by atoms with Crippen molar-refractivity contribution < 1.29 is 19.1 Å². The van der Waals surface area contributed by atoms with E-state index in [9.17, 15) is 9.59 Å². The van der Waals surface area contributed by atoms with Gasteiger partial charge in [-0.1, -0.05) is 60.7 Å². The fraction of sp³-hybridized carbons (Fsp3) is 0.300. The summed E-state index contributed by atoms with van der Waals surface area (Å²) in [5.74, 6) is -0.956. The third-order valence-corrected chi connectivity index (χ3v) is 3.86. The second-order valence-corrected chi connectivity index (χ2v) is 6.08. The van der Waals surface area contributed by atoms with Crippen LogP contribution >= 0.6 is 0 Å². The van der Waals surface area contributed by atoms with E-state index in [4.69, 9.17) is 15.2 Å². The first kappa shape index (κ1) is 18.8. The Labute approximate surface area is 147 Å². The quantitative estimate of drug-likeness (QED) is 0.589. The zero-order valence-corrected chi connectivity index (χ0v) is 14.5. The molecular weight excluding hydrogens is 318 g/mol. The van der Waals surface area contributed by atoms with Crippen molar-refractivity contribution in [3.05, 3.63) is 71.8 Å². The number of methoxy groups -OCH3 is 1. The average molecular weight is 341 g/mol. The van der Waals surface area contributed by atoms with Crippen molar-refractivity contribution in [1.82, 2.24) is 0 Å². The first-order valence-corrected chi connectivity index (χ1v) is 8.07. The van der Waals surface area contributed by atoms with Crippen LogP contribution in [0.2, 0.25) is 0 Å². The second-order valence-electron chi connectivity index (χ2n) is 6.08. The molecule has 0 heterocycles. The zero-order valence-electron chi connectivity index (χ0n) is 14.5. The predicted molar refractivity (Wildman–Crippen MR) is 95.3 cm³/mol. The average Bonchev–Trinajstić information content (AvgIpc) is 2.62. The predicted octanol–water partition coefficient (Wildman–Crippen LogP) is 2.39. The fourth-order valence-electron chi connectivity index (χ4n) is 2.56. The molecule has 0 bridgehead atoms. The maximum atomic E-state index is 12.8. The molecule has 2 N–H and O–H groups in total. The van der Waals surface area contributed by atoms with Gasteiger partial charge < -0.3 is 15.2 Å². The van der Waals surface area contributed by atoms with Crippen molar-refractivity contribution in [2.24, 2.45) is 5.73 Å². The SMILES string of the molecule is COC[C@](C)(OC(=O)C(N)Cc1ccccc1)C(=O)c1ccccc1. The summed E-state index contributed by atoms with van der Waals surface area (Å²) < 4.78 is 10.6. The lowest BCUT2D eigenvalue weighted by Gasteiger charge is -2.28. The molecule has 0 fully saturated rings. The largest absolute Gasteiger partial charge is 0.447 e. The number of hydrogen-bond donors (Lipinski definition) is 1. The second kappa shape index (κ2) is 8.55. The first-order chi connectivity index (χ1) is 12.0. The van der Waals surface area contributed by atoms with E-state index in [0.29, 0.717) is 12.0 Å². The number of ether oxygens (including phenoxy) is 2. The van der Waals surface area contributed by atoms with E-state index in [0.717, 1.165) is 5.56 Å². The van der Waals surface area contributed by atoms with Gasteiger partial charge in [0, 0.05) is 12.7 Å². The van der Waals surface area contributed by atoms with Crippen molar-refractivity contribution in [2.45, 2.75) is 25.0 Å². The number of carbonyl (C=O) groups is 2. The van der Waals surface area contributed by atoms with E-state index in [1.54, 1.807) is 31.2 Å². The molecule has 0 spiro atoms. The van der Waals surface area contributed by atoms with Crippen LogP contribution in [0.5, 0.6) is 0 Å². The van der Waals surface area contributed by atoms with Crippen LogP contribution in [0.15, 0.2) is 60.7 Å². The van der Waals surface area contributed by atoms with E-state index in [1.165, 1.54) is 7.11 Å². The van der Waals surface area contributed by atoms with Crippen LogP contribution in [-0.4, -0.2) is 37.1 Å². The van der Waals surface area contributed by atoms with Crippen LogP contribution in [-0.2, 0) is 20.7 Å². The molecule has 0 aromatic heterocycles. The van der Waals surface area contributed by atoms with Crippen molar-refractivity contribution in [3.8, 4) is 0 Å². The highest BCUT2D eigenvalue weighted by atomic mass is 16.6. The Morgan fingerprint density at radius 3 is 2.16 bits per heavy atom. The third-order valence-electron chi connectivity index (χ3n) is 3.86. The van der Waals surface area contributed by atoms with Crippen LogP contribution in [0.25, 0.3) is 0 Å². The first-order valence-electron chi connectivity index (χ1n) is 8.07. The fourth-order valence-corrected chi connectivity index (χ4v) is 2.56. The Balaban J connectivity index is 2.11. The van der Waals surface area contributed by atoms with Gasteiger partial charge in [-0.15, -0.1) is 0 Å². The molecule has 2 rings (SSSR count). The Hall–Kier alpha value is -2.50. The van der Waals surface area contributed by atoms with Crippen LogP contribution in [0, 0.1) is 0 Å². The lowest BCUT2D eigenvalue weighted by Crippen LogP contribution is -2.48. The summed E-state index contributed by atoms with van der Waals surface area (Å²) in [7, 11) is 1.45. The van der Waals surface area contributed by atoms with Crippen molar-refractivity contribution in [2.75, 3.05) is 13.7 Å². The number of nitrogens with two attached hydrogens (primary N) is 1. The van der Waals surface area contributed by atoms with Gasteiger partial charge in [0.1, 0.15) is 6.04 Å². The summed E-state index contributed by atoms with van der Waals surface area (Å²) in [6.07, 6.45) is 0.336. The molecule has 0 aliphatic rings. The number of benzene rings is 2. The van der Waals surface area contributed by atoms with Crippen LogP contribution < -0.4 is 5.73 Å². The number of carbonyl (C=O) groups excluding carboxylic acids is 2. The van der Waals surface area contributed by atoms with E-state index in [-0.39, 0.29) is 12.4 Å². The molecule has 0 amide bonds. The summed E-state index contributed by atoms with van der Waals surface area (Å²) in [5, 5.41) is 0. The van der Waals surface area contributed by atoms with Gasteiger partial charge in [0.2, 0.25) is 5.78 Å². The Kier molecular flexibility index (Phi) is 6.44. The summed E-state index contributed by atoms with van der Waals surface area (Å²) in [6, 6.07) is 17.2. The van der Waals surface area contributed by atoms with Gasteiger partial charge in [0.15, 0.2) is 5.60 Å². The molecule has 2 aromatic carbocycles. The zero-order chi connectivity index (χ0) is 18.3. The molecule has 0 aliphatic heterocycles. The van der Waals surface area contributed by atoms with E-state index in [2.05, 4.69) is 0 Å². The van der Waals surface area contributed by atoms with Gasteiger partial charge in [0.05, 0.1) is 6.61 Å². The van der Waals surface area contributed by atoms with Gasteiger partial charge in [-0.05, 0) is 18.9 Å². The molecule has 2 atom stereocenters. The molecular formula is C20H23NO4. The Bertz CT molecular complexity index is 702. The van der Waals surface area contributed by atoms with Gasteiger partial charge in [-0.2, -0.15) is 0 Å². The van der Waals surface area contributed by atoms with Crippen LogP contribution in [0.1, 0.15) is 22.8 Å². The summed E-state index contributed by atoms with van der Waals surface area (Å²) in [5.41, 5.74) is 5.91. The van der Waals surface area contributed by atoms with Crippen LogP contribution in [0.4, 0.5) is 0 Å². The number of ketones is 1. The summed E-state index contributed by atoms with van der Waals surface area (Å²) in [4.78, 5) is 25.2. The normalized spacial score (nSPS) is 14.4. The molecule has 25 heavy (non-hydrogen) atoms. The number of esters is 1. The smallest absolute Gasteiger partial charge is 0.324 e. The molecule has 0 saturated heterocycles. The Morgan fingerprint density at radius 1 is 1.04 bits per heavy atom. The topological polar surface area (TPSA) is 78.6 Å².